The zero-order chi connectivity index (χ0) is 27.8. The molecule has 1 aromatic heterocycles. The summed E-state index contributed by atoms with van der Waals surface area (Å²) in [7, 11) is 0. The molecule has 0 spiro atoms. The molecule has 202 valence electrons. The van der Waals surface area contributed by atoms with Crippen LogP contribution in [-0.2, 0) is 29.2 Å². The number of aromatic nitrogens is 2. The monoisotopic (exact) mass is 547 g/mol. The molecule has 39 heavy (non-hydrogen) atoms. The molecule has 2 aliphatic heterocycles. The fourth-order valence-electron chi connectivity index (χ4n) is 5.25. The number of carbonyl (C=O) groups is 4. The molecule has 0 radical (unpaired) electrons. The molecular weight excluding hydrogens is 518 g/mol. The Morgan fingerprint density at radius 3 is 2.69 bits per heavy atom. The predicted molar refractivity (Wildman–Crippen MR) is 146 cm³/mol. The van der Waals surface area contributed by atoms with Gasteiger partial charge in [0.2, 0.25) is 11.8 Å². The molecule has 5 rings (SSSR count). The molecular formula is C29H30ClN5O4. The summed E-state index contributed by atoms with van der Waals surface area (Å²) in [5, 5.41) is 10.5. The Kier molecular flexibility index (Phi) is 7.27. The second kappa shape index (κ2) is 10.6. The maximum Gasteiger partial charge on any atom is 0.272 e. The van der Waals surface area contributed by atoms with E-state index in [0.29, 0.717) is 35.2 Å². The molecule has 10 heteroatoms. The van der Waals surface area contributed by atoms with Crippen molar-refractivity contribution < 1.29 is 19.2 Å². The number of nitrogens with zero attached hydrogens (tertiary/aromatic N) is 3. The van der Waals surface area contributed by atoms with Gasteiger partial charge in [0.1, 0.15) is 6.04 Å². The minimum Gasteiger partial charge on any atom is -0.347 e. The largest absolute Gasteiger partial charge is 0.347 e. The maximum absolute atomic E-state index is 13.2. The molecule has 2 N–H and O–H groups in total. The van der Waals surface area contributed by atoms with E-state index in [-0.39, 0.29) is 37.2 Å². The molecule has 1 unspecified atom stereocenters. The van der Waals surface area contributed by atoms with Crippen LogP contribution in [0.3, 0.4) is 0 Å². The summed E-state index contributed by atoms with van der Waals surface area (Å²) in [6.45, 7) is 7.26. The molecule has 9 nitrogen and oxygen atoms in total. The SMILES string of the molecule is Cc1c(C(=O)NCc2ccc3c(c2)CN(C2CCC(=O)NC2=O)C3=O)nn(CC(C)C)c1-c1cccc(Cl)c1. The zero-order valence-corrected chi connectivity index (χ0v) is 22.8. The third-order valence-corrected chi connectivity index (χ3v) is 7.32. The van der Waals surface area contributed by atoms with E-state index < -0.39 is 11.9 Å². The summed E-state index contributed by atoms with van der Waals surface area (Å²) >= 11 is 6.24. The third-order valence-electron chi connectivity index (χ3n) is 7.08. The molecule has 3 heterocycles. The number of rotatable bonds is 7. The van der Waals surface area contributed by atoms with E-state index in [4.69, 9.17) is 11.6 Å². The standard InChI is InChI=1S/C29H30ClN5O4/c1-16(2)14-35-26(19-5-4-6-21(30)12-19)17(3)25(33-35)28(38)31-13-18-7-8-22-20(11-18)15-34(29(22)39)23-9-10-24(36)32-27(23)37/h4-8,11-12,16,23H,9-10,13-15H2,1-3H3,(H,31,38)(H,32,36,37). The van der Waals surface area contributed by atoms with E-state index >= 15 is 0 Å². The highest BCUT2D eigenvalue weighted by molar-refractivity contribution is 6.30. The Morgan fingerprint density at radius 2 is 1.97 bits per heavy atom. The van der Waals surface area contributed by atoms with Gasteiger partial charge in [-0.05, 0) is 48.6 Å². The van der Waals surface area contributed by atoms with Crippen LogP contribution in [0.25, 0.3) is 11.3 Å². The van der Waals surface area contributed by atoms with Gasteiger partial charge in [0.15, 0.2) is 5.69 Å². The topological polar surface area (TPSA) is 113 Å². The van der Waals surface area contributed by atoms with Crippen molar-refractivity contribution in [3.8, 4) is 11.3 Å². The van der Waals surface area contributed by atoms with Crippen LogP contribution in [0.1, 0.15) is 64.2 Å². The number of benzene rings is 2. The average molecular weight is 548 g/mol. The summed E-state index contributed by atoms with van der Waals surface area (Å²) in [5.74, 6) is -0.950. The van der Waals surface area contributed by atoms with Gasteiger partial charge < -0.3 is 10.2 Å². The first kappa shape index (κ1) is 26.6. The summed E-state index contributed by atoms with van der Waals surface area (Å²) in [5.41, 5.74) is 5.04. The molecule has 1 fully saturated rings. The first-order chi connectivity index (χ1) is 18.6. The van der Waals surface area contributed by atoms with Gasteiger partial charge in [-0.1, -0.05) is 49.7 Å². The van der Waals surface area contributed by atoms with Crippen molar-refractivity contribution in [2.24, 2.45) is 5.92 Å². The maximum atomic E-state index is 13.2. The van der Waals surface area contributed by atoms with Crippen molar-refractivity contribution in [1.29, 1.82) is 0 Å². The van der Waals surface area contributed by atoms with Crippen LogP contribution < -0.4 is 10.6 Å². The lowest BCUT2D eigenvalue weighted by molar-refractivity contribution is -0.136. The van der Waals surface area contributed by atoms with Crippen LogP contribution in [0, 0.1) is 12.8 Å². The Hall–Kier alpha value is -3.98. The van der Waals surface area contributed by atoms with Gasteiger partial charge in [0.05, 0.1) is 5.69 Å². The van der Waals surface area contributed by atoms with Gasteiger partial charge in [-0.25, -0.2) is 0 Å². The molecule has 2 aliphatic rings. The van der Waals surface area contributed by atoms with Crippen LogP contribution in [0.2, 0.25) is 5.02 Å². The normalized spacial score (nSPS) is 17.0. The smallest absolute Gasteiger partial charge is 0.272 e. The minimum atomic E-state index is -0.664. The highest BCUT2D eigenvalue weighted by atomic mass is 35.5. The van der Waals surface area contributed by atoms with Crippen molar-refractivity contribution in [2.75, 3.05) is 0 Å². The molecule has 3 aromatic rings. The van der Waals surface area contributed by atoms with Crippen LogP contribution in [-0.4, -0.2) is 44.4 Å². The van der Waals surface area contributed by atoms with Crippen LogP contribution in [0.15, 0.2) is 42.5 Å². The number of amides is 4. The molecule has 1 saturated heterocycles. The van der Waals surface area contributed by atoms with Gasteiger partial charge in [-0.15, -0.1) is 0 Å². The van der Waals surface area contributed by atoms with E-state index in [2.05, 4.69) is 29.6 Å². The average Bonchev–Trinajstić information content (AvgIpc) is 3.38. The van der Waals surface area contributed by atoms with E-state index in [0.717, 1.165) is 27.9 Å². The van der Waals surface area contributed by atoms with Crippen molar-refractivity contribution in [2.45, 2.75) is 59.3 Å². The third kappa shape index (κ3) is 5.31. The number of imide groups is 1. The van der Waals surface area contributed by atoms with E-state index in [1.807, 2.05) is 41.9 Å². The van der Waals surface area contributed by atoms with Gasteiger partial charge in [-0.2, -0.15) is 5.10 Å². The number of piperidine rings is 1. The first-order valence-corrected chi connectivity index (χ1v) is 13.4. The second-order valence-electron chi connectivity index (χ2n) is 10.5. The summed E-state index contributed by atoms with van der Waals surface area (Å²) in [6.07, 6.45) is 0.520. The Morgan fingerprint density at radius 1 is 1.18 bits per heavy atom. The number of hydrogen-bond donors (Lipinski definition) is 2. The number of fused-ring (bicyclic) bond motifs is 1. The molecule has 0 saturated carbocycles. The van der Waals surface area contributed by atoms with Crippen molar-refractivity contribution in [3.05, 3.63) is 75.4 Å². The number of nitrogens with one attached hydrogen (secondary N) is 2. The predicted octanol–water partition coefficient (Wildman–Crippen LogP) is 3.86. The zero-order valence-electron chi connectivity index (χ0n) is 22.1. The van der Waals surface area contributed by atoms with Crippen molar-refractivity contribution >= 4 is 35.2 Å². The molecule has 1 atom stereocenters. The van der Waals surface area contributed by atoms with Gasteiger partial charge in [0.25, 0.3) is 11.8 Å². The van der Waals surface area contributed by atoms with Gasteiger partial charge >= 0.3 is 0 Å². The highest BCUT2D eigenvalue weighted by Crippen LogP contribution is 2.30. The molecule has 0 bridgehead atoms. The van der Waals surface area contributed by atoms with Crippen molar-refractivity contribution in [1.82, 2.24) is 25.3 Å². The minimum absolute atomic E-state index is 0.208. The van der Waals surface area contributed by atoms with Crippen LogP contribution >= 0.6 is 11.6 Å². The lowest BCUT2D eigenvalue weighted by Crippen LogP contribution is -2.52. The summed E-state index contributed by atoms with van der Waals surface area (Å²) in [6, 6.07) is 12.3. The number of carbonyl (C=O) groups excluding carboxylic acids is 4. The second-order valence-corrected chi connectivity index (χ2v) is 10.9. The Balaban J connectivity index is 1.32. The Labute approximate surface area is 231 Å². The Bertz CT molecular complexity index is 1490. The lowest BCUT2D eigenvalue weighted by atomic mass is 10.0. The molecule has 2 aromatic carbocycles. The lowest BCUT2D eigenvalue weighted by Gasteiger charge is -2.29. The fraction of sp³-hybridized carbons (Fsp3) is 0.345. The summed E-state index contributed by atoms with van der Waals surface area (Å²) in [4.78, 5) is 51.5. The fourth-order valence-corrected chi connectivity index (χ4v) is 5.44. The quantitative estimate of drug-likeness (QED) is 0.436. The number of halogens is 1. The van der Waals surface area contributed by atoms with E-state index in [1.54, 1.807) is 12.1 Å². The molecule has 4 amide bonds. The van der Waals surface area contributed by atoms with Gasteiger partial charge in [0, 0.05) is 47.8 Å². The highest BCUT2D eigenvalue weighted by Gasteiger charge is 2.39. The van der Waals surface area contributed by atoms with E-state index in [9.17, 15) is 19.2 Å². The van der Waals surface area contributed by atoms with Gasteiger partial charge in [-0.3, -0.25) is 29.2 Å². The van der Waals surface area contributed by atoms with Crippen LogP contribution in [0.4, 0.5) is 0 Å². The van der Waals surface area contributed by atoms with Crippen molar-refractivity contribution in [3.63, 3.8) is 0 Å². The van der Waals surface area contributed by atoms with E-state index in [1.165, 1.54) is 4.90 Å². The van der Waals surface area contributed by atoms with Crippen LogP contribution in [0.5, 0.6) is 0 Å². The molecule has 0 aliphatic carbocycles. The summed E-state index contributed by atoms with van der Waals surface area (Å²) < 4.78 is 1.87. The number of hydrogen-bond acceptors (Lipinski definition) is 5. The first-order valence-electron chi connectivity index (χ1n) is 13.0.